The summed E-state index contributed by atoms with van der Waals surface area (Å²) in [6.07, 6.45) is 20.5. The molecule has 0 N–H and O–H groups in total. The Morgan fingerprint density at radius 2 is 0.955 bits per heavy atom. The molecule has 0 saturated heterocycles. The van der Waals surface area contributed by atoms with Crippen LogP contribution in [0.2, 0.25) is 0 Å². The van der Waals surface area contributed by atoms with Crippen molar-refractivity contribution in [2.75, 3.05) is 0 Å². The molecule has 0 aliphatic heterocycles. The molecule has 0 radical (unpaired) electrons. The quantitative estimate of drug-likeness (QED) is 0.400. The van der Waals surface area contributed by atoms with Crippen LogP contribution in [0.15, 0.2) is 12.4 Å². The minimum atomic E-state index is 1.24. The number of aryl methyl sites for hydroxylation is 2. The van der Waals surface area contributed by atoms with E-state index in [0.717, 1.165) is 0 Å². The first-order valence-corrected chi connectivity index (χ1v) is 9.56. The van der Waals surface area contributed by atoms with Gasteiger partial charge in [0.05, 0.1) is 0 Å². The second-order valence-corrected chi connectivity index (χ2v) is 6.74. The van der Waals surface area contributed by atoms with Crippen LogP contribution in [0.3, 0.4) is 0 Å². The van der Waals surface area contributed by atoms with Crippen molar-refractivity contribution < 1.29 is 9.13 Å². The Morgan fingerprint density at radius 1 is 0.591 bits per heavy atom. The molecule has 1 heterocycles. The molecule has 1 rings (SSSR count). The van der Waals surface area contributed by atoms with Crippen molar-refractivity contribution in [1.82, 2.24) is 0 Å². The lowest BCUT2D eigenvalue weighted by Gasteiger charge is -2.06. The highest BCUT2D eigenvalue weighted by Crippen LogP contribution is 2.11. The second-order valence-electron chi connectivity index (χ2n) is 6.74. The summed E-state index contributed by atoms with van der Waals surface area (Å²) in [5.74, 6) is 0. The number of aromatic nitrogens is 2. The Bertz CT molecular complexity index is 373. The van der Waals surface area contributed by atoms with Gasteiger partial charge in [-0.15, -0.1) is 0 Å². The molecule has 0 amide bonds. The van der Waals surface area contributed by atoms with Crippen molar-refractivity contribution in [3.63, 3.8) is 0 Å². The molecular weight excluding hydrogens is 268 g/mol. The minimum absolute atomic E-state index is 1.24. The van der Waals surface area contributed by atoms with E-state index in [2.05, 4.69) is 49.5 Å². The summed E-state index contributed by atoms with van der Waals surface area (Å²) >= 11 is 0. The third-order valence-electron chi connectivity index (χ3n) is 4.73. The van der Waals surface area contributed by atoms with Gasteiger partial charge in [0.1, 0.15) is 14.1 Å². The summed E-state index contributed by atoms with van der Waals surface area (Å²) in [7, 11) is 4.42. The van der Waals surface area contributed by atoms with Gasteiger partial charge in [-0.2, -0.15) is 9.13 Å². The molecule has 0 spiro atoms. The Morgan fingerprint density at radius 3 is 1.32 bits per heavy atom. The summed E-state index contributed by atoms with van der Waals surface area (Å²) in [5, 5.41) is 0. The van der Waals surface area contributed by atoms with Crippen LogP contribution in [-0.2, 0) is 26.9 Å². The highest BCUT2D eigenvalue weighted by molar-refractivity contribution is 5.00. The number of hydrogen-bond donors (Lipinski definition) is 0. The van der Waals surface area contributed by atoms with E-state index in [1.165, 1.54) is 77.0 Å². The highest BCUT2D eigenvalue weighted by atomic mass is 15.0. The smallest absolute Gasteiger partial charge is 0.195 e. The van der Waals surface area contributed by atoms with E-state index in [4.69, 9.17) is 0 Å². The van der Waals surface area contributed by atoms with Crippen LogP contribution in [0.25, 0.3) is 0 Å². The van der Waals surface area contributed by atoms with Gasteiger partial charge in [-0.1, -0.05) is 65.2 Å². The summed E-state index contributed by atoms with van der Waals surface area (Å²) in [5.41, 5.74) is 3.11. The van der Waals surface area contributed by atoms with E-state index in [9.17, 15) is 0 Å². The number of unbranched alkanes of at least 4 members (excludes halogenated alkanes) is 8. The van der Waals surface area contributed by atoms with Gasteiger partial charge in [0.2, 0.25) is 23.8 Å². The number of rotatable bonds is 12. The molecule has 0 aliphatic rings. The van der Waals surface area contributed by atoms with E-state index >= 15 is 0 Å². The van der Waals surface area contributed by atoms with Crippen molar-refractivity contribution >= 4 is 0 Å². The van der Waals surface area contributed by atoms with Gasteiger partial charge in [0.25, 0.3) is 0 Å². The van der Waals surface area contributed by atoms with Crippen molar-refractivity contribution in [2.24, 2.45) is 14.1 Å². The molecular formula is C20H38N2+2. The van der Waals surface area contributed by atoms with E-state index in [1.807, 2.05) is 0 Å². The zero-order chi connectivity index (χ0) is 16.2. The van der Waals surface area contributed by atoms with E-state index in [0.29, 0.717) is 0 Å². The van der Waals surface area contributed by atoms with Crippen LogP contribution in [0.1, 0.15) is 89.4 Å². The Hall–Kier alpha value is -0.920. The second kappa shape index (κ2) is 11.6. The fourth-order valence-electron chi connectivity index (χ4n) is 3.22. The normalized spacial score (nSPS) is 11.1. The lowest BCUT2D eigenvalue weighted by atomic mass is 10.0. The molecule has 1 aromatic heterocycles. The van der Waals surface area contributed by atoms with Crippen LogP contribution in [0, 0.1) is 0 Å². The first kappa shape index (κ1) is 19.1. The molecule has 0 saturated carbocycles. The first-order chi connectivity index (χ1) is 10.7. The maximum absolute atomic E-state index is 2.35. The molecule has 0 unspecified atom stereocenters. The molecule has 0 bridgehead atoms. The van der Waals surface area contributed by atoms with Crippen LogP contribution in [-0.4, -0.2) is 0 Å². The van der Waals surface area contributed by atoms with Gasteiger partial charge in [-0.05, 0) is 12.8 Å². The van der Waals surface area contributed by atoms with Gasteiger partial charge in [0, 0.05) is 12.8 Å². The molecule has 22 heavy (non-hydrogen) atoms. The van der Waals surface area contributed by atoms with Crippen molar-refractivity contribution in [2.45, 2.75) is 90.9 Å². The van der Waals surface area contributed by atoms with E-state index < -0.39 is 0 Å². The van der Waals surface area contributed by atoms with Gasteiger partial charge in [0.15, 0.2) is 0 Å². The summed E-state index contributed by atoms with van der Waals surface area (Å²) in [6, 6.07) is 0. The van der Waals surface area contributed by atoms with Crippen molar-refractivity contribution in [3.05, 3.63) is 23.8 Å². The lowest BCUT2D eigenvalue weighted by molar-refractivity contribution is -0.737. The number of hydrogen-bond acceptors (Lipinski definition) is 0. The van der Waals surface area contributed by atoms with Crippen molar-refractivity contribution in [1.29, 1.82) is 0 Å². The Balaban J connectivity index is 2.55. The summed E-state index contributed by atoms with van der Waals surface area (Å²) < 4.78 is 4.70. The zero-order valence-electron chi connectivity index (χ0n) is 15.5. The standard InChI is InChI=1S/C20H38N2/c1-5-7-9-11-13-15-19-20(16-14-12-10-8-6-2)22(4)18-17-21(19)3/h17-18H,5-16H2,1-4H3/q+2. The summed E-state index contributed by atoms with van der Waals surface area (Å²) in [4.78, 5) is 0. The largest absolute Gasteiger partial charge is 0.248 e. The molecule has 126 valence electrons. The molecule has 0 atom stereocenters. The Kier molecular flexibility index (Phi) is 10.1. The average molecular weight is 307 g/mol. The fourth-order valence-corrected chi connectivity index (χ4v) is 3.22. The van der Waals surface area contributed by atoms with Gasteiger partial charge >= 0.3 is 0 Å². The monoisotopic (exact) mass is 306 g/mol. The highest BCUT2D eigenvalue weighted by Gasteiger charge is 2.21. The van der Waals surface area contributed by atoms with Gasteiger partial charge in [-0.25, -0.2) is 0 Å². The van der Waals surface area contributed by atoms with E-state index in [1.54, 1.807) is 11.4 Å². The predicted molar refractivity (Wildman–Crippen MR) is 93.7 cm³/mol. The van der Waals surface area contributed by atoms with Gasteiger partial charge in [-0.3, -0.25) is 0 Å². The average Bonchev–Trinajstić information content (AvgIpc) is 2.52. The Labute approximate surface area is 138 Å². The van der Waals surface area contributed by atoms with Crippen molar-refractivity contribution in [3.8, 4) is 0 Å². The van der Waals surface area contributed by atoms with E-state index in [-0.39, 0.29) is 0 Å². The zero-order valence-corrected chi connectivity index (χ0v) is 15.5. The van der Waals surface area contributed by atoms with Crippen LogP contribution in [0.5, 0.6) is 0 Å². The molecule has 1 aromatic rings. The SMILES string of the molecule is CCCCCCCc1c(CCCCCCC)[n+](C)cc[n+]1C. The summed E-state index contributed by atoms with van der Waals surface area (Å²) in [6.45, 7) is 4.57. The lowest BCUT2D eigenvalue weighted by Crippen LogP contribution is -2.45. The third kappa shape index (κ3) is 6.89. The predicted octanol–water partition coefficient (Wildman–Crippen LogP) is 4.36. The fraction of sp³-hybridized carbons (Fsp3) is 0.800. The maximum atomic E-state index is 2.35. The topological polar surface area (TPSA) is 7.76 Å². The maximum Gasteiger partial charge on any atom is 0.248 e. The molecule has 0 aromatic carbocycles. The van der Waals surface area contributed by atoms with Gasteiger partial charge < -0.3 is 0 Å². The molecule has 2 heteroatoms. The first-order valence-electron chi connectivity index (χ1n) is 9.56. The van der Waals surface area contributed by atoms with Crippen LogP contribution < -0.4 is 9.13 Å². The molecule has 2 nitrogen and oxygen atoms in total. The third-order valence-corrected chi connectivity index (χ3v) is 4.73. The molecule has 0 fully saturated rings. The minimum Gasteiger partial charge on any atom is -0.195 e. The molecule has 0 aliphatic carbocycles. The number of nitrogens with zero attached hydrogens (tertiary/aromatic N) is 2. The van der Waals surface area contributed by atoms with Crippen LogP contribution >= 0.6 is 0 Å². The van der Waals surface area contributed by atoms with Crippen LogP contribution in [0.4, 0.5) is 0 Å².